The molecule has 0 aromatic heterocycles. The van der Waals surface area contributed by atoms with Crippen molar-refractivity contribution in [2.45, 2.75) is 40.0 Å². The van der Waals surface area contributed by atoms with E-state index in [1.807, 2.05) is 4.90 Å². The molecule has 3 heteroatoms. The first-order chi connectivity index (χ1) is 7.06. The second kappa shape index (κ2) is 5.24. The summed E-state index contributed by atoms with van der Waals surface area (Å²) in [6.07, 6.45) is 2.94. The largest absolute Gasteiger partial charge is 0.342 e. The lowest BCUT2D eigenvalue weighted by atomic mass is 9.84. The first-order valence-electron chi connectivity index (χ1n) is 5.95. The molecule has 1 atom stereocenters. The summed E-state index contributed by atoms with van der Waals surface area (Å²) in [6, 6.07) is 0. The minimum atomic E-state index is 0.225. The molecule has 0 radical (unpaired) electrons. The van der Waals surface area contributed by atoms with Crippen LogP contribution in [0.2, 0.25) is 0 Å². The average molecular weight is 229 g/mol. The Hall–Kier alpha value is -0.180. The number of amides is 1. The van der Waals surface area contributed by atoms with Gasteiger partial charge in [-0.3, -0.25) is 4.79 Å². The van der Waals surface area contributed by atoms with Gasteiger partial charge in [-0.05, 0) is 29.9 Å². The summed E-state index contributed by atoms with van der Waals surface area (Å²) in [5.74, 6) is 1.73. The molecule has 2 nitrogen and oxygen atoms in total. The highest BCUT2D eigenvalue weighted by atomic mass is 32.1. The third kappa shape index (κ3) is 2.90. The molecule has 1 saturated heterocycles. The molecule has 1 heterocycles. The Kier molecular flexibility index (Phi) is 4.50. The summed E-state index contributed by atoms with van der Waals surface area (Å²) in [5.41, 5.74) is 0.225. The maximum Gasteiger partial charge on any atom is 0.222 e. The predicted octanol–water partition coefficient (Wildman–Crippen LogP) is 2.59. The summed E-state index contributed by atoms with van der Waals surface area (Å²) in [6.45, 7) is 8.38. The summed E-state index contributed by atoms with van der Waals surface area (Å²) >= 11 is 4.45. The fraction of sp³-hybridized carbons (Fsp3) is 0.917. The van der Waals surface area contributed by atoms with Gasteiger partial charge in [-0.25, -0.2) is 0 Å². The third-order valence-corrected chi connectivity index (χ3v) is 4.44. The van der Waals surface area contributed by atoms with E-state index < -0.39 is 0 Å². The molecule has 0 aromatic rings. The molecule has 0 spiro atoms. The zero-order valence-electron chi connectivity index (χ0n) is 10.1. The van der Waals surface area contributed by atoms with Crippen LogP contribution in [0.4, 0.5) is 0 Å². The molecule has 0 N–H and O–H groups in total. The van der Waals surface area contributed by atoms with Gasteiger partial charge in [-0.15, -0.1) is 0 Å². The second-order valence-electron chi connectivity index (χ2n) is 4.95. The highest BCUT2D eigenvalue weighted by molar-refractivity contribution is 7.80. The summed E-state index contributed by atoms with van der Waals surface area (Å²) < 4.78 is 0. The summed E-state index contributed by atoms with van der Waals surface area (Å²) in [7, 11) is 0. The van der Waals surface area contributed by atoms with Gasteiger partial charge in [0.15, 0.2) is 0 Å². The number of thiol groups is 1. The Bertz CT molecular complexity index is 217. The first kappa shape index (κ1) is 12.9. The van der Waals surface area contributed by atoms with E-state index in [0.717, 1.165) is 38.1 Å². The number of likely N-dealkylation sites (tertiary alicyclic amines) is 1. The van der Waals surface area contributed by atoms with Gasteiger partial charge < -0.3 is 4.90 Å². The van der Waals surface area contributed by atoms with Crippen molar-refractivity contribution >= 4 is 18.5 Å². The lowest BCUT2D eigenvalue weighted by molar-refractivity contribution is -0.129. The van der Waals surface area contributed by atoms with Gasteiger partial charge in [0.25, 0.3) is 0 Å². The minimum absolute atomic E-state index is 0.225. The molecule has 1 unspecified atom stereocenters. The van der Waals surface area contributed by atoms with Crippen molar-refractivity contribution in [2.75, 3.05) is 18.8 Å². The molecule has 15 heavy (non-hydrogen) atoms. The molecule has 0 saturated carbocycles. The number of hydrogen-bond donors (Lipinski definition) is 1. The van der Waals surface area contributed by atoms with Gasteiger partial charge in [-0.2, -0.15) is 12.6 Å². The average Bonchev–Trinajstić information content (AvgIpc) is 2.54. The van der Waals surface area contributed by atoms with Crippen molar-refractivity contribution in [1.82, 2.24) is 4.90 Å². The first-order valence-corrected chi connectivity index (χ1v) is 6.58. The van der Waals surface area contributed by atoms with E-state index in [4.69, 9.17) is 0 Å². The van der Waals surface area contributed by atoms with Crippen LogP contribution < -0.4 is 0 Å². The topological polar surface area (TPSA) is 20.3 Å². The molecule has 1 aliphatic rings. The number of nitrogens with zero attached hydrogens (tertiary/aromatic N) is 1. The fourth-order valence-corrected chi connectivity index (χ4v) is 2.82. The Morgan fingerprint density at radius 3 is 2.40 bits per heavy atom. The highest BCUT2D eigenvalue weighted by Gasteiger charge is 2.33. The van der Waals surface area contributed by atoms with Crippen LogP contribution >= 0.6 is 12.6 Å². The number of carbonyl (C=O) groups excluding carboxylic acids is 1. The molecule has 0 aliphatic carbocycles. The van der Waals surface area contributed by atoms with E-state index >= 15 is 0 Å². The second-order valence-corrected chi connectivity index (χ2v) is 5.27. The van der Waals surface area contributed by atoms with E-state index in [-0.39, 0.29) is 5.41 Å². The van der Waals surface area contributed by atoms with Crippen LogP contribution in [0.15, 0.2) is 0 Å². The Morgan fingerprint density at radius 1 is 1.47 bits per heavy atom. The third-order valence-electron chi connectivity index (χ3n) is 3.77. The van der Waals surface area contributed by atoms with E-state index in [1.54, 1.807) is 0 Å². The Morgan fingerprint density at radius 2 is 2.07 bits per heavy atom. The molecule has 1 aliphatic heterocycles. The van der Waals surface area contributed by atoms with Crippen LogP contribution in [0.3, 0.4) is 0 Å². The zero-order valence-corrected chi connectivity index (χ0v) is 11.0. The highest BCUT2D eigenvalue weighted by Crippen LogP contribution is 2.31. The van der Waals surface area contributed by atoms with E-state index in [9.17, 15) is 4.79 Å². The molecule has 1 rings (SSSR count). The Labute approximate surface area is 98.8 Å². The molecule has 1 amide bonds. The van der Waals surface area contributed by atoms with E-state index in [1.165, 1.54) is 0 Å². The molecule has 1 fully saturated rings. The van der Waals surface area contributed by atoms with Gasteiger partial charge in [0.05, 0.1) is 0 Å². The molecule has 0 bridgehead atoms. The van der Waals surface area contributed by atoms with Gasteiger partial charge in [0, 0.05) is 19.5 Å². The summed E-state index contributed by atoms with van der Waals surface area (Å²) in [4.78, 5) is 13.7. The molecular formula is C12H23NOS. The summed E-state index contributed by atoms with van der Waals surface area (Å²) in [5, 5.41) is 0. The maximum atomic E-state index is 11.7. The van der Waals surface area contributed by atoms with Crippen molar-refractivity contribution in [3.05, 3.63) is 0 Å². The van der Waals surface area contributed by atoms with Crippen molar-refractivity contribution in [3.63, 3.8) is 0 Å². The quantitative estimate of drug-likeness (QED) is 0.719. The SMILES string of the molecule is CCC(CC)(CS)CN1CC(C)CC1=O. The Balaban J connectivity index is 2.62. The van der Waals surface area contributed by atoms with Crippen LogP contribution in [-0.4, -0.2) is 29.6 Å². The van der Waals surface area contributed by atoms with Crippen molar-refractivity contribution in [2.24, 2.45) is 11.3 Å². The van der Waals surface area contributed by atoms with E-state index in [0.29, 0.717) is 11.8 Å². The normalized spacial score (nSPS) is 22.5. The van der Waals surface area contributed by atoms with Crippen LogP contribution in [0.1, 0.15) is 40.0 Å². The van der Waals surface area contributed by atoms with E-state index in [2.05, 4.69) is 33.4 Å². The van der Waals surface area contributed by atoms with Gasteiger partial charge in [0.1, 0.15) is 0 Å². The molecular weight excluding hydrogens is 206 g/mol. The van der Waals surface area contributed by atoms with Gasteiger partial charge >= 0.3 is 0 Å². The molecule has 0 aromatic carbocycles. The smallest absolute Gasteiger partial charge is 0.222 e. The minimum Gasteiger partial charge on any atom is -0.342 e. The number of carbonyl (C=O) groups is 1. The van der Waals surface area contributed by atoms with Crippen LogP contribution in [0.25, 0.3) is 0 Å². The van der Waals surface area contributed by atoms with Crippen LogP contribution in [-0.2, 0) is 4.79 Å². The number of hydrogen-bond acceptors (Lipinski definition) is 2. The lowest BCUT2D eigenvalue weighted by Crippen LogP contribution is -2.39. The van der Waals surface area contributed by atoms with Crippen molar-refractivity contribution in [3.8, 4) is 0 Å². The monoisotopic (exact) mass is 229 g/mol. The lowest BCUT2D eigenvalue weighted by Gasteiger charge is -2.34. The maximum absolute atomic E-state index is 11.7. The van der Waals surface area contributed by atoms with Crippen molar-refractivity contribution in [1.29, 1.82) is 0 Å². The number of rotatable bonds is 5. The standard InChI is InChI=1S/C12H23NOS/c1-4-12(5-2,9-15)8-13-7-10(3)6-11(13)14/h10,15H,4-9H2,1-3H3. The van der Waals surface area contributed by atoms with Gasteiger partial charge in [-0.1, -0.05) is 20.8 Å². The van der Waals surface area contributed by atoms with Gasteiger partial charge in [0.2, 0.25) is 5.91 Å². The van der Waals surface area contributed by atoms with Crippen LogP contribution in [0, 0.1) is 11.3 Å². The van der Waals surface area contributed by atoms with Crippen molar-refractivity contribution < 1.29 is 4.79 Å². The zero-order chi connectivity index (χ0) is 11.5. The van der Waals surface area contributed by atoms with Crippen LogP contribution in [0.5, 0.6) is 0 Å². The predicted molar refractivity (Wildman–Crippen MR) is 67.2 cm³/mol. The molecule has 88 valence electrons. The fourth-order valence-electron chi connectivity index (χ4n) is 2.27.